The van der Waals surface area contributed by atoms with Gasteiger partial charge in [0.15, 0.2) is 0 Å². The van der Waals surface area contributed by atoms with Crippen LogP contribution in [-0.2, 0) is 9.53 Å². The van der Waals surface area contributed by atoms with E-state index in [-0.39, 0.29) is 11.4 Å². The van der Waals surface area contributed by atoms with Crippen LogP contribution in [0.4, 0.5) is 5.69 Å². The van der Waals surface area contributed by atoms with Gasteiger partial charge in [-0.1, -0.05) is 32.0 Å². The number of nitrogens with one attached hydrogen (secondary N) is 2. The van der Waals surface area contributed by atoms with Crippen LogP contribution in [0, 0.1) is 0 Å². The molecular weight excluding hydrogens is 314 g/mol. The molecule has 0 atom stereocenters. The zero-order valence-electron chi connectivity index (χ0n) is 15.5. The molecule has 1 aromatic carbocycles. The summed E-state index contributed by atoms with van der Waals surface area (Å²) in [7, 11) is 0. The normalized spacial score (nSPS) is 21.2. The molecule has 0 unspecified atom stereocenters. The first kappa shape index (κ1) is 18.4. The van der Waals surface area contributed by atoms with Crippen molar-refractivity contribution in [1.29, 1.82) is 0 Å². The van der Waals surface area contributed by atoms with Gasteiger partial charge in [0.2, 0.25) is 5.91 Å². The largest absolute Gasteiger partial charge is 0.381 e. The van der Waals surface area contributed by atoms with E-state index in [1.54, 1.807) is 0 Å². The number of hydrogen-bond acceptors (Lipinski definition) is 4. The van der Waals surface area contributed by atoms with Gasteiger partial charge in [0.25, 0.3) is 0 Å². The van der Waals surface area contributed by atoms with E-state index >= 15 is 0 Å². The minimum absolute atomic E-state index is 0.0841. The molecule has 5 heteroatoms. The standard InChI is InChI=1S/C20H31N3O2/c1-16(2)17-5-3-4-6-18(17)22-19(24)15-23-12-11-21-10-7-20(23)8-13-25-14-9-20/h3-6,16,21H,7-15H2,1-2H3,(H,22,24). The molecule has 0 aromatic heterocycles. The Morgan fingerprint density at radius 2 is 2.00 bits per heavy atom. The zero-order valence-corrected chi connectivity index (χ0v) is 15.5. The van der Waals surface area contributed by atoms with Crippen molar-refractivity contribution in [2.24, 2.45) is 0 Å². The first-order valence-electron chi connectivity index (χ1n) is 9.53. The smallest absolute Gasteiger partial charge is 0.238 e. The van der Waals surface area contributed by atoms with Crippen LogP contribution in [0.25, 0.3) is 0 Å². The third-order valence-corrected chi connectivity index (χ3v) is 5.61. The maximum absolute atomic E-state index is 12.8. The van der Waals surface area contributed by atoms with Crippen molar-refractivity contribution >= 4 is 11.6 Å². The Kier molecular flexibility index (Phi) is 6.10. The minimum Gasteiger partial charge on any atom is -0.381 e. The summed E-state index contributed by atoms with van der Waals surface area (Å²) < 4.78 is 5.58. The van der Waals surface area contributed by atoms with Crippen LogP contribution in [0.15, 0.2) is 24.3 Å². The second-order valence-electron chi connectivity index (χ2n) is 7.55. The summed E-state index contributed by atoms with van der Waals surface area (Å²) in [5, 5.41) is 6.63. The molecule has 2 heterocycles. The molecule has 3 rings (SSSR count). The molecule has 2 N–H and O–H groups in total. The van der Waals surface area contributed by atoms with Gasteiger partial charge in [0, 0.05) is 37.5 Å². The highest BCUT2D eigenvalue weighted by molar-refractivity contribution is 5.93. The first-order valence-corrected chi connectivity index (χ1v) is 9.53. The van der Waals surface area contributed by atoms with E-state index in [1.807, 2.05) is 18.2 Å². The molecule has 0 aliphatic carbocycles. The van der Waals surface area contributed by atoms with Crippen molar-refractivity contribution in [2.45, 2.75) is 44.6 Å². The van der Waals surface area contributed by atoms with Crippen molar-refractivity contribution < 1.29 is 9.53 Å². The molecule has 2 saturated heterocycles. The van der Waals surface area contributed by atoms with Crippen LogP contribution in [0.3, 0.4) is 0 Å². The highest BCUT2D eigenvalue weighted by atomic mass is 16.5. The summed E-state index contributed by atoms with van der Waals surface area (Å²) in [6.45, 7) is 9.24. The van der Waals surface area contributed by atoms with Gasteiger partial charge in [-0.2, -0.15) is 0 Å². The third-order valence-electron chi connectivity index (χ3n) is 5.61. The fourth-order valence-electron chi connectivity index (χ4n) is 4.10. The van der Waals surface area contributed by atoms with Crippen molar-refractivity contribution in [1.82, 2.24) is 10.2 Å². The number of amides is 1. The molecule has 138 valence electrons. The molecular formula is C20H31N3O2. The number of anilines is 1. The van der Waals surface area contributed by atoms with E-state index in [0.29, 0.717) is 12.5 Å². The number of nitrogens with zero attached hydrogens (tertiary/aromatic N) is 1. The molecule has 0 bridgehead atoms. The molecule has 1 spiro atoms. The SMILES string of the molecule is CC(C)c1ccccc1NC(=O)CN1CCNCCC12CCOCC2. The number of ether oxygens (including phenoxy) is 1. The van der Waals surface area contributed by atoms with Gasteiger partial charge >= 0.3 is 0 Å². The van der Waals surface area contributed by atoms with E-state index in [2.05, 4.69) is 35.4 Å². The van der Waals surface area contributed by atoms with Gasteiger partial charge in [-0.25, -0.2) is 0 Å². The van der Waals surface area contributed by atoms with E-state index in [4.69, 9.17) is 4.74 Å². The lowest BCUT2D eigenvalue weighted by atomic mass is 9.85. The Morgan fingerprint density at radius 3 is 2.76 bits per heavy atom. The molecule has 1 aromatic rings. The topological polar surface area (TPSA) is 53.6 Å². The van der Waals surface area contributed by atoms with E-state index in [9.17, 15) is 4.79 Å². The van der Waals surface area contributed by atoms with Crippen molar-refractivity contribution in [2.75, 3.05) is 44.7 Å². The van der Waals surface area contributed by atoms with Gasteiger partial charge < -0.3 is 15.4 Å². The van der Waals surface area contributed by atoms with Crippen LogP contribution in [0.2, 0.25) is 0 Å². The van der Waals surface area contributed by atoms with Crippen molar-refractivity contribution in [3.8, 4) is 0 Å². The van der Waals surface area contributed by atoms with Crippen molar-refractivity contribution in [3.05, 3.63) is 29.8 Å². The van der Waals surface area contributed by atoms with E-state index in [0.717, 1.165) is 57.8 Å². The summed E-state index contributed by atoms with van der Waals surface area (Å²) in [5.41, 5.74) is 2.24. The van der Waals surface area contributed by atoms with Gasteiger partial charge in [-0.15, -0.1) is 0 Å². The van der Waals surface area contributed by atoms with Crippen LogP contribution in [0.5, 0.6) is 0 Å². The number of benzene rings is 1. The predicted molar refractivity (Wildman–Crippen MR) is 101 cm³/mol. The molecule has 0 saturated carbocycles. The Balaban J connectivity index is 1.70. The van der Waals surface area contributed by atoms with Crippen LogP contribution in [-0.4, -0.2) is 55.7 Å². The van der Waals surface area contributed by atoms with Gasteiger partial charge in [-0.05, 0) is 43.4 Å². The predicted octanol–water partition coefficient (Wildman–Crippen LogP) is 2.59. The van der Waals surface area contributed by atoms with Crippen LogP contribution < -0.4 is 10.6 Å². The highest BCUT2D eigenvalue weighted by Crippen LogP contribution is 2.32. The quantitative estimate of drug-likeness (QED) is 0.881. The Bertz CT molecular complexity index is 582. The monoisotopic (exact) mass is 345 g/mol. The maximum atomic E-state index is 12.8. The summed E-state index contributed by atoms with van der Waals surface area (Å²) in [6.07, 6.45) is 3.13. The van der Waals surface area contributed by atoms with E-state index in [1.165, 1.54) is 5.56 Å². The fourth-order valence-corrected chi connectivity index (χ4v) is 4.10. The number of rotatable bonds is 4. The summed E-state index contributed by atoms with van der Waals surface area (Å²) in [6, 6.07) is 8.11. The van der Waals surface area contributed by atoms with Gasteiger partial charge in [-0.3, -0.25) is 9.69 Å². The van der Waals surface area contributed by atoms with E-state index < -0.39 is 0 Å². The second kappa shape index (κ2) is 8.30. The molecule has 2 aliphatic rings. The summed E-state index contributed by atoms with van der Waals surface area (Å²) in [5.74, 6) is 0.474. The van der Waals surface area contributed by atoms with Crippen molar-refractivity contribution in [3.63, 3.8) is 0 Å². The molecule has 2 fully saturated rings. The fraction of sp³-hybridized carbons (Fsp3) is 0.650. The minimum atomic E-state index is 0.0841. The highest BCUT2D eigenvalue weighted by Gasteiger charge is 2.39. The Labute approximate surface area is 151 Å². The maximum Gasteiger partial charge on any atom is 0.238 e. The molecule has 1 amide bonds. The molecule has 0 radical (unpaired) electrons. The number of carbonyl (C=O) groups is 1. The average Bonchev–Trinajstić information content (AvgIpc) is 2.79. The summed E-state index contributed by atoms with van der Waals surface area (Å²) in [4.78, 5) is 15.2. The molecule has 5 nitrogen and oxygen atoms in total. The Hall–Kier alpha value is -1.43. The lowest BCUT2D eigenvalue weighted by molar-refractivity contribution is -0.120. The zero-order chi connectivity index (χ0) is 17.7. The third kappa shape index (κ3) is 4.40. The van der Waals surface area contributed by atoms with Crippen LogP contribution >= 0.6 is 0 Å². The average molecular weight is 345 g/mol. The Morgan fingerprint density at radius 1 is 1.24 bits per heavy atom. The lowest BCUT2D eigenvalue weighted by Crippen LogP contribution is -2.54. The first-order chi connectivity index (χ1) is 12.1. The lowest BCUT2D eigenvalue weighted by Gasteiger charge is -2.45. The molecule has 2 aliphatic heterocycles. The number of para-hydroxylation sites is 1. The van der Waals surface area contributed by atoms with Gasteiger partial charge in [0.1, 0.15) is 0 Å². The second-order valence-corrected chi connectivity index (χ2v) is 7.55. The number of carbonyl (C=O) groups excluding carboxylic acids is 1. The van der Waals surface area contributed by atoms with Gasteiger partial charge in [0.05, 0.1) is 6.54 Å². The van der Waals surface area contributed by atoms with Crippen LogP contribution in [0.1, 0.15) is 44.6 Å². The molecule has 25 heavy (non-hydrogen) atoms. The summed E-state index contributed by atoms with van der Waals surface area (Å²) >= 11 is 0. The number of hydrogen-bond donors (Lipinski definition) is 2.